The molecule has 0 bridgehead atoms. The molecule has 1 aliphatic carbocycles. The van der Waals surface area contributed by atoms with Gasteiger partial charge in [0.15, 0.2) is 0 Å². The van der Waals surface area contributed by atoms with Crippen LogP contribution in [0.3, 0.4) is 0 Å². The zero-order chi connectivity index (χ0) is 14.7. The average Bonchev–Trinajstić information content (AvgIpc) is 2.91. The van der Waals surface area contributed by atoms with Crippen molar-refractivity contribution in [3.05, 3.63) is 27.6 Å². The number of hydrogen-bond donors (Lipinski definition) is 1. The lowest BCUT2D eigenvalue weighted by Crippen LogP contribution is -2.09. The minimum Gasteiger partial charge on any atom is -0.479 e. The Labute approximate surface area is 126 Å². The summed E-state index contributed by atoms with van der Waals surface area (Å²) < 4.78 is 18.0. The number of hydrogen-bond acceptors (Lipinski definition) is 6. The van der Waals surface area contributed by atoms with Gasteiger partial charge in [0.2, 0.25) is 11.8 Å². The molecule has 1 N–H and O–H groups in total. The first kappa shape index (κ1) is 14.2. The summed E-state index contributed by atoms with van der Waals surface area (Å²) in [7, 11) is 1.38. The number of ether oxygens (including phenoxy) is 1. The van der Waals surface area contributed by atoms with Gasteiger partial charge in [-0.2, -0.15) is 9.37 Å². The van der Waals surface area contributed by atoms with E-state index >= 15 is 0 Å². The Bertz CT molecular complexity index is 608. The van der Waals surface area contributed by atoms with Crippen molar-refractivity contribution in [3.8, 4) is 5.88 Å². The molecule has 3 rings (SSSR count). The number of fused-ring (bicyclic) bond motifs is 1. The van der Waals surface area contributed by atoms with Crippen LogP contribution in [0.4, 0.5) is 10.3 Å². The lowest BCUT2D eigenvalue weighted by molar-refractivity contribution is 0.368. The molecular formula is C14H17FN4OS. The fourth-order valence-electron chi connectivity index (χ4n) is 2.37. The van der Waals surface area contributed by atoms with Crippen LogP contribution in [0.25, 0.3) is 0 Å². The van der Waals surface area contributed by atoms with Gasteiger partial charge in [-0.3, -0.25) is 0 Å². The number of nitrogens with one attached hydrogen (secondary N) is 1. The molecule has 2 aromatic heterocycles. The highest BCUT2D eigenvalue weighted by molar-refractivity contribution is 7.11. The first-order valence-electron chi connectivity index (χ1n) is 7.04. The largest absolute Gasteiger partial charge is 0.479 e. The summed E-state index contributed by atoms with van der Waals surface area (Å²) in [6.07, 6.45) is 6.72. The monoisotopic (exact) mass is 308 g/mol. The molecule has 0 saturated carbocycles. The summed E-state index contributed by atoms with van der Waals surface area (Å²) in [5.41, 5.74) is 1.28. The average molecular weight is 308 g/mol. The molecule has 0 aliphatic heterocycles. The van der Waals surface area contributed by atoms with Gasteiger partial charge in [0.1, 0.15) is 0 Å². The first-order valence-corrected chi connectivity index (χ1v) is 7.86. The van der Waals surface area contributed by atoms with Gasteiger partial charge >= 0.3 is 0 Å². The maximum atomic E-state index is 13.2. The van der Waals surface area contributed by atoms with Gasteiger partial charge in [-0.1, -0.05) is 0 Å². The van der Waals surface area contributed by atoms with Crippen LogP contribution in [0.2, 0.25) is 0 Å². The van der Waals surface area contributed by atoms with E-state index in [1.807, 2.05) is 0 Å². The number of rotatable bonds is 5. The summed E-state index contributed by atoms with van der Waals surface area (Å²) in [6.45, 7) is 0.668. The minimum atomic E-state index is -0.560. The molecule has 21 heavy (non-hydrogen) atoms. The molecule has 2 heterocycles. The first-order chi connectivity index (χ1) is 10.3. The third-order valence-electron chi connectivity index (χ3n) is 3.42. The Kier molecular flexibility index (Phi) is 4.28. The van der Waals surface area contributed by atoms with Gasteiger partial charge < -0.3 is 10.1 Å². The van der Waals surface area contributed by atoms with Crippen molar-refractivity contribution in [1.82, 2.24) is 15.0 Å². The van der Waals surface area contributed by atoms with E-state index in [1.165, 1.54) is 36.9 Å². The van der Waals surface area contributed by atoms with Gasteiger partial charge in [-0.05, 0) is 25.7 Å². The Hall–Kier alpha value is -1.76. The molecule has 0 amide bonds. The molecule has 0 saturated heterocycles. The fourth-order valence-corrected chi connectivity index (χ4v) is 3.53. The molecule has 0 aromatic carbocycles. The fraction of sp³-hybridized carbons (Fsp3) is 0.500. The van der Waals surface area contributed by atoms with Crippen molar-refractivity contribution in [3.63, 3.8) is 0 Å². The SMILES string of the molecule is COc1nc(NCCc2nc3c(s2)CCCC3)ncc1F. The Morgan fingerprint density at radius 1 is 1.33 bits per heavy atom. The molecule has 0 radical (unpaired) electrons. The number of anilines is 1. The molecule has 112 valence electrons. The highest BCUT2D eigenvalue weighted by Crippen LogP contribution is 2.26. The standard InChI is InChI=1S/C14H17FN4OS/c1-20-13-9(15)8-17-14(19-13)16-7-6-12-18-10-4-2-3-5-11(10)21-12/h8H,2-7H2,1H3,(H,16,17,19). The number of aryl methyl sites for hydroxylation is 2. The van der Waals surface area contributed by atoms with Gasteiger partial charge in [0.25, 0.3) is 5.88 Å². The van der Waals surface area contributed by atoms with E-state index in [9.17, 15) is 4.39 Å². The molecule has 1 aliphatic rings. The van der Waals surface area contributed by atoms with E-state index in [1.54, 1.807) is 11.3 Å². The molecule has 2 aromatic rings. The highest BCUT2D eigenvalue weighted by atomic mass is 32.1. The zero-order valence-electron chi connectivity index (χ0n) is 11.9. The summed E-state index contributed by atoms with van der Waals surface area (Å²) in [5.74, 6) is -0.234. The topological polar surface area (TPSA) is 59.9 Å². The number of nitrogens with zero attached hydrogens (tertiary/aromatic N) is 3. The Morgan fingerprint density at radius 2 is 2.19 bits per heavy atom. The van der Waals surface area contributed by atoms with E-state index in [0.29, 0.717) is 12.5 Å². The van der Waals surface area contributed by atoms with Crippen LogP contribution in [0.5, 0.6) is 5.88 Å². The van der Waals surface area contributed by atoms with Crippen LogP contribution < -0.4 is 10.1 Å². The van der Waals surface area contributed by atoms with Crippen LogP contribution >= 0.6 is 11.3 Å². The quantitative estimate of drug-likeness (QED) is 0.920. The maximum Gasteiger partial charge on any atom is 0.255 e. The normalized spacial score (nSPS) is 13.8. The van der Waals surface area contributed by atoms with Crippen molar-refractivity contribution in [2.24, 2.45) is 0 Å². The predicted molar refractivity (Wildman–Crippen MR) is 79.5 cm³/mol. The molecule has 7 heteroatoms. The smallest absolute Gasteiger partial charge is 0.255 e. The van der Waals surface area contributed by atoms with Gasteiger partial charge in [0, 0.05) is 17.8 Å². The predicted octanol–water partition coefficient (Wildman–Crippen LogP) is 2.61. The number of aromatic nitrogens is 3. The molecule has 5 nitrogen and oxygen atoms in total. The molecule has 0 fully saturated rings. The molecule has 0 spiro atoms. The van der Waals surface area contributed by atoms with Crippen molar-refractivity contribution >= 4 is 17.3 Å². The van der Waals surface area contributed by atoms with Crippen LogP contribution in [-0.2, 0) is 19.3 Å². The molecule has 0 unspecified atom stereocenters. The summed E-state index contributed by atoms with van der Waals surface area (Å²) in [6, 6.07) is 0. The van der Waals surface area contributed by atoms with E-state index in [-0.39, 0.29) is 5.88 Å². The van der Waals surface area contributed by atoms with E-state index in [0.717, 1.165) is 24.0 Å². The summed E-state index contributed by atoms with van der Waals surface area (Å²) >= 11 is 1.80. The number of thiazole rings is 1. The van der Waals surface area contributed by atoms with Gasteiger partial charge in [-0.25, -0.2) is 9.97 Å². The van der Waals surface area contributed by atoms with Crippen LogP contribution in [-0.4, -0.2) is 28.6 Å². The van der Waals surface area contributed by atoms with E-state index < -0.39 is 5.82 Å². The third-order valence-corrected chi connectivity index (χ3v) is 4.63. The Balaban J connectivity index is 1.57. The second kappa shape index (κ2) is 6.34. The van der Waals surface area contributed by atoms with E-state index in [4.69, 9.17) is 4.74 Å². The van der Waals surface area contributed by atoms with Crippen LogP contribution in [0, 0.1) is 5.82 Å². The van der Waals surface area contributed by atoms with Crippen molar-refractivity contribution in [1.29, 1.82) is 0 Å². The lowest BCUT2D eigenvalue weighted by Gasteiger charge is -2.06. The maximum absolute atomic E-state index is 13.2. The van der Waals surface area contributed by atoms with Crippen molar-refractivity contribution in [2.75, 3.05) is 19.0 Å². The number of halogens is 1. The van der Waals surface area contributed by atoms with E-state index in [2.05, 4.69) is 20.3 Å². The van der Waals surface area contributed by atoms with Crippen molar-refractivity contribution in [2.45, 2.75) is 32.1 Å². The second-order valence-electron chi connectivity index (χ2n) is 4.91. The molecule has 0 atom stereocenters. The van der Waals surface area contributed by atoms with Gasteiger partial charge in [-0.15, -0.1) is 11.3 Å². The second-order valence-corrected chi connectivity index (χ2v) is 6.08. The zero-order valence-corrected chi connectivity index (χ0v) is 12.7. The molecular weight excluding hydrogens is 291 g/mol. The lowest BCUT2D eigenvalue weighted by atomic mass is 10.0. The summed E-state index contributed by atoms with van der Waals surface area (Å²) in [4.78, 5) is 14.0. The van der Waals surface area contributed by atoms with Gasteiger partial charge in [0.05, 0.1) is 24.0 Å². The highest BCUT2D eigenvalue weighted by Gasteiger charge is 2.14. The third kappa shape index (κ3) is 3.29. The van der Waals surface area contributed by atoms with Crippen molar-refractivity contribution < 1.29 is 9.13 Å². The number of methoxy groups -OCH3 is 1. The Morgan fingerprint density at radius 3 is 3.00 bits per heavy atom. The summed E-state index contributed by atoms with van der Waals surface area (Å²) in [5, 5.41) is 4.22. The van der Waals surface area contributed by atoms with Crippen LogP contribution in [0.15, 0.2) is 6.20 Å². The minimum absolute atomic E-state index is 0.0442. The van der Waals surface area contributed by atoms with Crippen LogP contribution in [0.1, 0.15) is 28.4 Å².